The third-order valence-electron chi connectivity index (χ3n) is 3.70. The fourth-order valence-electron chi connectivity index (χ4n) is 2.42. The fourth-order valence-corrected chi connectivity index (χ4v) is 2.42. The minimum absolute atomic E-state index is 0.149. The van der Waals surface area contributed by atoms with Crippen molar-refractivity contribution in [1.82, 2.24) is 9.47 Å². The number of nitrogens with zero attached hydrogens (tertiary/aromatic N) is 2. The smallest absolute Gasteiger partial charge is 0.219 e. The predicted molar refractivity (Wildman–Crippen MR) is 86.0 cm³/mol. The topological polar surface area (TPSA) is 25.2 Å². The lowest BCUT2D eigenvalue weighted by molar-refractivity contribution is -0.129. The van der Waals surface area contributed by atoms with Gasteiger partial charge in [-0.05, 0) is 24.1 Å². The van der Waals surface area contributed by atoms with Gasteiger partial charge in [0.05, 0.1) is 6.54 Å². The van der Waals surface area contributed by atoms with E-state index < -0.39 is 0 Å². The summed E-state index contributed by atoms with van der Waals surface area (Å²) in [6.45, 7) is 6.18. The van der Waals surface area contributed by atoms with Crippen molar-refractivity contribution in [1.29, 1.82) is 0 Å². The fraction of sp³-hybridized carbons (Fsp3) is 0.389. The van der Waals surface area contributed by atoms with Crippen molar-refractivity contribution >= 4 is 5.91 Å². The molecule has 21 heavy (non-hydrogen) atoms. The van der Waals surface area contributed by atoms with E-state index in [9.17, 15) is 4.79 Å². The number of hydrogen-bond donors (Lipinski definition) is 0. The third-order valence-corrected chi connectivity index (χ3v) is 3.70. The van der Waals surface area contributed by atoms with Crippen LogP contribution in [0.1, 0.15) is 37.9 Å². The largest absolute Gasteiger partial charge is 0.345 e. The number of rotatable bonds is 7. The van der Waals surface area contributed by atoms with E-state index in [0.717, 1.165) is 25.9 Å². The highest BCUT2D eigenvalue weighted by molar-refractivity contribution is 5.73. The first-order valence-corrected chi connectivity index (χ1v) is 7.64. The molecule has 0 unspecified atom stereocenters. The van der Waals surface area contributed by atoms with Gasteiger partial charge in [0.25, 0.3) is 0 Å². The van der Waals surface area contributed by atoms with Crippen molar-refractivity contribution < 1.29 is 4.79 Å². The van der Waals surface area contributed by atoms with E-state index in [1.54, 1.807) is 6.92 Å². The number of benzene rings is 1. The lowest BCUT2D eigenvalue weighted by Crippen LogP contribution is -2.30. The second-order valence-corrected chi connectivity index (χ2v) is 5.41. The van der Waals surface area contributed by atoms with E-state index in [1.165, 1.54) is 11.3 Å². The summed E-state index contributed by atoms with van der Waals surface area (Å²) in [5.74, 6) is 0.149. The van der Waals surface area contributed by atoms with Crippen molar-refractivity contribution in [3.8, 4) is 0 Å². The zero-order valence-electron chi connectivity index (χ0n) is 13.0. The van der Waals surface area contributed by atoms with E-state index in [1.807, 2.05) is 11.0 Å². The van der Waals surface area contributed by atoms with Gasteiger partial charge in [0.1, 0.15) is 0 Å². The summed E-state index contributed by atoms with van der Waals surface area (Å²) in [4.78, 5) is 13.7. The monoisotopic (exact) mass is 284 g/mol. The third kappa shape index (κ3) is 4.48. The molecule has 3 nitrogen and oxygen atoms in total. The van der Waals surface area contributed by atoms with Crippen molar-refractivity contribution in [2.24, 2.45) is 0 Å². The van der Waals surface area contributed by atoms with Gasteiger partial charge in [-0.3, -0.25) is 4.79 Å². The van der Waals surface area contributed by atoms with Crippen molar-refractivity contribution in [3.05, 3.63) is 59.9 Å². The minimum atomic E-state index is 0.149. The van der Waals surface area contributed by atoms with Crippen LogP contribution in [-0.2, 0) is 17.9 Å². The van der Waals surface area contributed by atoms with Crippen LogP contribution < -0.4 is 0 Å². The summed E-state index contributed by atoms with van der Waals surface area (Å²) >= 11 is 0. The first kappa shape index (κ1) is 15.4. The second-order valence-electron chi connectivity index (χ2n) is 5.41. The summed E-state index contributed by atoms with van der Waals surface area (Å²) < 4.78 is 2.22. The number of hydrogen-bond acceptors (Lipinski definition) is 1. The molecular formula is C18H24N2O. The molecule has 1 heterocycles. The number of carbonyl (C=O) groups is 1. The van der Waals surface area contributed by atoms with E-state index in [2.05, 4.69) is 54.1 Å². The predicted octanol–water partition coefficient (Wildman–Crippen LogP) is 3.69. The molecule has 2 aromatic rings. The van der Waals surface area contributed by atoms with E-state index >= 15 is 0 Å². The highest BCUT2D eigenvalue weighted by Gasteiger charge is 2.11. The van der Waals surface area contributed by atoms with Crippen molar-refractivity contribution in [2.75, 3.05) is 6.54 Å². The molecule has 0 atom stereocenters. The lowest BCUT2D eigenvalue weighted by atomic mass is 10.2. The Labute approximate surface area is 127 Å². The zero-order chi connectivity index (χ0) is 15.1. The van der Waals surface area contributed by atoms with Gasteiger partial charge in [0, 0.05) is 31.9 Å². The minimum Gasteiger partial charge on any atom is -0.345 e. The first-order chi connectivity index (χ1) is 10.2. The highest BCUT2D eigenvalue weighted by atomic mass is 16.2. The van der Waals surface area contributed by atoms with Crippen LogP contribution in [-0.4, -0.2) is 21.9 Å². The summed E-state index contributed by atoms with van der Waals surface area (Å²) in [5.41, 5.74) is 2.46. The zero-order valence-corrected chi connectivity index (χ0v) is 13.0. The molecule has 1 aromatic heterocycles. The van der Waals surface area contributed by atoms with E-state index in [4.69, 9.17) is 0 Å². The molecule has 0 radical (unpaired) electrons. The molecule has 3 heteroatoms. The highest BCUT2D eigenvalue weighted by Crippen LogP contribution is 2.11. The van der Waals surface area contributed by atoms with Gasteiger partial charge in [0.2, 0.25) is 5.91 Å². The number of carbonyl (C=O) groups excluding carboxylic acids is 1. The maximum Gasteiger partial charge on any atom is 0.219 e. The van der Waals surface area contributed by atoms with Crippen LogP contribution in [0.3, 0.4) is 0 Å². The van der Waals surface area contributed by atoms with Gasteiger partial charge in [-0.1, -0.05) is 43.7 Å². The molecule has 0 aliphatic heterocycles. The molecule has 0 fully saturated rings. The molecule has 2 rings (SSSR count). The molecule has 0 aliphatic rings. The van der Waals surface area contributed by atoms with Crippen LogP contribution in [0.4, 0.5) is 0 Å². The van der Waals surface area contributed by atoms with Crippen LogP contribution in [0.15, 0.2) is 48.7 Å². The summed E-state index contributed by atoms with van der Waals surface area (Å²) in [5, 5.41) is 0. The number of unbranched alkanes of at least 4 members (excludes halogenated alkanes) is 1. The summed E-state index contributed by atoms with van der Waals surface area (Å²) in [6.07, 6.45) is 4.24. The van der Waals surface area contributed by atoms with Crippen LogP contribution in [0, 0.1) is 0 Å². The molecule has 0 N–H and O–H groups in total. The number of aromatic nitrogens is 1. The van der Waals surface area contributed by atoms with Crippen LogP contribution in [0.25, 0.3) is 0 Å². The Morgan fingerprint density at radius 1 is 1.14 bits per heavy atom. The molecule has 0 spiro atoms. The van der Waals surface area contributed by atoms with Crippen LogP contribution in [0.5, 0.6) is 0 Å². The Balaban J connectivity index is 2.06. The lowest BCUT2D eigenvalue weighted by Gasteiger charge is -2.22. The average molecular weight is 284 g/mol. The Bertz CT molecular complexity index is 560. The van der Waals surface area contributed by atoms with Gasteiger partial charge in [0.15, 0.2) is 0 Å². The molecule has 0 saturated heterocycles. The Kier molecular flexibility index (Phi) is 5.61. The standard InChI is InChI=1S/C18H24N2O/c1-3-4-12-19(16(2)21)15-18-11-8-13-20(18)14-17-9-6-5-7-10-17/h5-11,13H,3-4,12,14-15H2,1-2H3. The molecular weight excluding hydrogens is 260 g/mol. The van der Waals surface area contributed by atoms with Gasteiger partial charge in [-0.2, -0.15) is 0 Å². The quantitative estimate of drug-likeness (QED) is 0.761. The van der Waals surface area contributed by atoms with Gasteiger partial charge < -0.3 is 9.47 Å². The molecule has 1 amide bonds. The Hall–Kier alpha value is -2.03. The molecule has 112 valence electrons. The Morgan fingerprint density at radius 3 is 2.57 bits per heavy atom. The first-order valence-electron chi connectivity index (χ1n) is 7.64. The van der Waals surface area contributed by atoms with Crippen molar-refractivity contribution in [2.45, 2.75) is 39.8 Å². The Morgan fingerprint density at radius 2 is 1.90 bits per heavy atom. The summed E-state index contributed by atoms with van der Waals surface area (Å²) in [6, 6.07) is 14.6. The molecule has 1 aromatic carbocycles. The van der Waals surface area contributed by atoms with Gasteiger partial charge in [-0.25, -0.2) is 0 Å². The number of amides is 1. The van der Waals surface area contributed by atoms with E-state index in [0.29, 0.717) is 6.54 Å². The normalized spacial score (nSPS) is 10.6. The maximum absolute atomic E-state index is 11.8. The van der Waals surface area contributed by atoms with Crippen LogP contribution >= 0.6 is 0 Å². The maximum atomic E-state index is 11.8. The van der Waals surface area contributed by atoms with Crippen LogP contribution in [0.2, 0.25) is 0 Å². The second kappa shape index (κ2) is 7.67. The molecule has 0 bridgehead atoms. The average Bonchev–Trinajstić information content (AvgIpc) is 2.91. The van der Waals surface area contributed by atoms with Crippen molar-refractivity contribution in [3.63, 3.8) is 0 Å². The van der Waals surface area contributed by atoms with Gasteiger partial charge >= 0.3 is 0 Å². The SMILES string of the molecule is CCCCN(Cc1cccn1Cc1ccccc1)C(C)=O. The molecule has 0 saturated carbocycles. The summed E-state index contributed by atoms with van der Waals surface area (Å²) in [7, 11) is 0. The molecule has 0 aliphatic carbocycles. The van der Waals surface area contributed by atoms with Gasteiger partial charge in [-0.15, -0.1) is 0 Å². The van der Waals surface area contributed by atoms with E-state index in [-0.39, 0.29) is 5.91 Å².